The first-order valence-electron chi connectivity index (χ1n) is 5.69. The van der Waals surface area contributed by atoms with E-state index in [2.05, 4.69) is 24.4 Å². The minimum absolute atomic E-state index is 0. The summed E-state index contributed by atoms with van der Waals surface area (Å²) in [6.07, 6.45) is 1.81. The first kappa shape index (κ1) is 14.0. The van der Waals surface area contributed by atoms with Gasteiger partial charge in [-0.1, -0.05) is 24.3 Å². The fourth-order valence-corrected chi connectivity index (χ4v) is 2.39. The Labute approximate surface area is 108 Å². The highest BCUT2D eigenvalue weighted by Crippen LogP contribution is 2.22. The van der Waals surface area contributed by atoms with Crippen LogP contribution in [0.5, 0.6) is 0 Å². The number of carbonyl (C=O) groups is 1. The van der Waals surface area contributed by atoms with Crippen molar-refractivity contribution in [3.8, 4) is 0 Å². The molecule has 2 rings (SSSR count). The second-order valence-corrected chi connectivity index (χ2v) is 4.45. The van der Waals surface area contributed by atoms with Crippen molar-refractivity contribution in [2.45, 2.75) is 25.8 Å². The first-order chi connectivity index (χ1) is 7.68. The van der Waals surface area contributed by atoms with E-state index in [4.69, 9.17) is 5.11 Å². The minimum Gasteiger partial charge on any atom is -0.480 e. The van der Waals surface area contributed by atoms with E-state index in [1.54, 1.807) is 0 Å². The lowest BCUT2D eigenvalue weighted by Crippen LogP contribution is -2.36. The molecule has 1 fully saturated rings. The zero-order chi connectivity index (χ0) is 11.5. The molecule has 0 amide bonds. The van der Waals surface area contributed by atoms with Crippen molar-refractivity contribution < 1.29 is 9.90 Å². The van der Waals surface area contributed by atoms with E-state index < -0.39 is 5.97 Å². The summed E-state index contributed by atoms with van der Waals surface area (Å²) >= 11 is 0. The minimum atomic E-state index is -0.726. The van der Waals surface area contributed by atoms with Crippen LogP contribution in [0.2, 0.25) is 0 Å². The standard InChI is InChI=1S/C13H17NO2.ClH/c1-9-4-2-3-5-10(9)8-11-6-7-14-12(11)13(15)16;/h2-5,11-12,14H,6-8H2,1H3,(H,15,16);1H/t11?,12-;/m0./s1. The van der Waals surface area contributed by atoms with E-state index >= 15 is 0 Å². The van der Waals surface area contributed by atoms with Crippen molar-refractivity contribution in [2.75, 3.05) is 6.54 Å². The van der Waals surface area contributed by atoms with E-state index in [1.165, 1.54) is 11.1 Å². The summed E-state index contributed by atoms with van der Waals surface area (Å²) in [6.45, 7) is 2.89. The molecule has 1 aromatic carbocycles. The number of aliphatic carboxylic acids is 1. The predicted molar refractivity (Wildman–Crippen MR) is 69.7 cm³/mol. The van der Waals surface area contributed by atoms with Crippen LogP contribution < -0.4 is 5.32 Å². The average molecular weight is 256 g/mol. The number of nitrogens with one attached hydrogen (secondary N) is 1. The summed E-state index contributed by atoms with van der Waals surface area (Å²) in [5.41, 5.74) is 2.51. The Kier molecular flexibility index (Phi) is 4.97. The molecule has 0 radical (unpaired) electrons. The lowest BCUT2D eigenvalue weighted by atomic mass is 9.91. The number of halogens is 1. The Morgan fingerprint density at radius 3 is 2.82 bits per heavy atom. The topological polar surface area (TPSA) is 49.3 Å². The Balaban J connectivity index is 0.00000144. The molecule has 1 saturated heterocycles. The van der Waals surface area contributed by atoms with Crippen LogP contribution in [0.1, 0.15) is 17.5 Å². The quantitative estimate of drug-likeness (QED) is 0.869. The molecule has 1 heterocycles. The van der Waals surface area contributed by atoms with Gasteiger partial charge in [-0.2, -0.15) is 0 Å². The molecule has 3 nitrogen and oxygen atoms in total. The Hall–Kier alpha value is -1.06. The van der Waals surface area contributed by atoms with E-state index in [0.717, 1.165) is 19.4 Å². The molecular weight excluding hydrogens is 238 g/mol. The van der Waals surface area contributed by atoms with Crippen LogP contribution in [0.4, 0.5) is 0 Å². The molecule has 4 heteroatoms. The summed E-state index contributed by atoms with van der Waals surface area (Å²) in [7, 11) is 0. The number of carboxylic acids is 1. The van der Waals surface area contributed by atoms with Gasteiger partial charge < -0.3 is 10.4 Å². The highest BCUT2D eigenvalue weighted by atomic mass is 35.5. The van der Waals surface area contributed by atoms with Gasteiger partial charge in [0.1, 0.15) is 6.04 Å². The van der Waals surface area contributed by atoms with E-state index in [0.29, 0.717) is 0 Å². The van der Waals surface area contributed by atoms with E-state index in [-0.39, 0.29) is 24.4 Å². The van der Waals surface area contributed by atoms with Gasteiger partial charge >= 0.3 is 5.97 Å². The molecule has 0 aliphatic carbocycles. The maximum Gasteiger partial charge on any atom is 0.320 e. The van der Waals surface area contributed by atoms with Crippen LogP contribution in [0, 0.1) is 12.8 Å². The molecule has 1 aromatic rings. The van der Waals surface area contributed by atoms with Gasteiger partial charge in [0.25, 0.3) is 0 Å². The third-order valence-electron chi connectivity index (χ3n) is 3.36. The third kappa shape index (κ3) is 3.20. The number of hydrogen-bond acceptors (Lipinski definition) is 2. The third-order valence-corrected chi connectivity index (χ3v) is 3.36. The van der Waals surface area contributed by atoms with Crippen LogP contribution in [-0.4, -0.2) is 23.7 Å². The summed E-state index contributed by atoms with van der Waals surface area (Å²) < 4.78 is 0. The molecule has 17 heavy (non-hydrogen) atoms. The zero-order valence-electron chi connectivity index (χ0n) is 9.85. The molecule has 2 atom stereocenters. The van der Waals surface area contributed by atoms with Crippen molar-refractivity contribution in [3.63, 3.8) is 0 Å². The molecule has 0 aromatic heterocycles. The highest BCUT2D eigenvalue weighted by Gasteiger charge is 2.32. The number of hydrogen-bond donors (Lipinski definition) is 2. The number of aryl methyl sites for hydroxylation is 1. The molecule has 1 unspecified atom stereocenters. The second-order valence-electron chi connectivity index (χ2n) is 4.45. The average Bonchev–Trinajstić information content (AvgIpc) is 2.69. The van der Waals surface area contributed by atoms with Crippen molar-refractivity contribution in [1.29, 1.82) is 0 Å². The summed E-state index contributed by atoms with van der Waals surface area (Å²) in [5, 5.41) is 12.1. The molecule has 1 aliphatic heterocycles. The predicted octanol–water partition coefficient (Wildman–Crippen LogP) is 2.02. The normalized spacial score (nSPS) is 23.1. The fraction of sp³-hybridized carbons (Fsp3) is 0.462. The maximum atomic E-state index is 11.0. The van der Waals surface area contributed by atoms with Crippen LogP contribution in [0.3, 0.4) is 0 Å². The van der Waals surface area contributed by atoms with Gasteiger partial charge in [0.15, 0.2) is 0 Å². The lowest BCUT2D eigenvalue weighted by molar-refractivity contribution is -0.140. The monoisotopic (exact) mass is 255 g/mol. The summed E-state index contributed by atoms with van der Waals surface area (Å²) in [6, 6.07) is 7.82. The second kappa shape index (κ2) is 6.03. The van der Waals surface area contributed by atoms with E-state index in [9.17, 15) is 4.79 Å². The van der Waals surface area contributed by atoms with Gasteiger partial charge in [-0.25, -0.2) is 0 Å². The lowest BCUT2D eigenvalue weighted by Gasteiger charge is -2.16. The van der Waals surface area contributed by atoms with Gasteiger partial charge in [0, 0.05) is 0 Å². The molecule has 0 saturated carbocycles. The van der Waals surface area contributed by atoms with Gasteiger partial charge in [-0.15, -0.1) is 12.4 Å². The Morgan fingerprint density at radius 1 is 1.47 bits per heavy atom. The maximum absolute atomic E-state index is 11.0. The number of benzene rings is 1. The largest absolute Gasteiger partial charge is 0.480 e. The molecule has 94 valence electrons. The van der Waals surface area contributed by atoms with Crippen LogP contribution in [0.15, 0.2) is 24.3 Å². The first-order valence-corrected chi connectivity index (χ1v) is 5.69. The zero-order valence-corrected chi connectivity index (χ0v) is 10.7. The van der Waals surface area contributed by atoms with Crippen LogP contribution in [-0.2, 0) is 11.2 Å². The summed E-state index contributed by atoms with van der Waals surface area (Å²) in [4.78, 5) is 11.0. The van der Waals surface area contributed by atoms with Gasteiger partial charge in [-0.3, -0.25) is 4.79 Å². The van der Waals surface area contributed by atoms with Crippen molar-refractivity contribution in [2.24, 2.45) is 5.92 Å². The highest BCUT2D eigenvalue weighted by molar-refractivity contribution is 5.85. The van der Waals surface area contributed by atoms with E-state index in [1.807, 2.05) is 12.1 Å². The fourth-order valence-electron chi connectivity index (χ4n) is 2.39. The van der Waals surface area contributed by atoms with Crippen LogP contribution >= 0.6 is 12.4 Å². The molecule has 0 bridgehead atoms. The van der Waals surface area contributed by atoms with Crippen molar-refractivity contribution in [1.82, 2.24) is 5.32 Å². The van der Waals surface area contributed by atoms with Gasteiger partial charge in [0.05, 0.1) is 0 Å². The van der Waals surface area contributed by atoms with Gasteiger partial charge in [-0.05, 0) is 43.4 Å². The number of rotatable bonds is 3. The molecule has 0 spiro atoms. The molecule has 1 aliphatic rings. The molecular formula is C13H18ClNO2. The number of carboxylic acid groups (broad SMARTS) is 1. The Bertz CT molecular complexity index is 395. The summed E-state index contributed by atoms with van der Waals surface area (Å²) in [5.74, 6) is -0.505. The van der Waals surface area contributed by atoms with Crippen molar-refractivity contribution >= 4 is 18.4 Å². The van der Waals surface area contributed by atoms with Crippen LogP contribution in [0.25, 0.3) is 0 Å². The SMILES string of the molecule is Cc1ccccc1CC1CCN[C@@H]1C(=O)O.Cl. The van der Waals surface area contributed by atoms with Crippen molar-refractivity contribution in [3.05, 3.63) is 35.4 Å². The smallest absolute Gasteiger partial charge is 0.320 e. The molecule has 2 N–H and O–H groups in total. The van der Waals surface area contributed by atoms with Gasteiger partial charge in [0.2, 0.25) is 0 Å². The Morgan fingerprint density at radius 2 is 2.18 bits per heavy atom.